The molecule has 0 radical (unpaired) electrons. The van der Waals surface area contributed by atoms with Gasteiger partial charge in [0.1, 0.15) is 5.82 Å². The van der Waals surface area contributed by atoms with Crippen LogP contribution in [0.3, 0.4) is 0 Å². The summed E-state index contributed by atoms with van der Waals surface area (Å²) in [6, 6.07) is 4.17. The van der Waals surface area contributed by atoms with E-state index in [4.69, 9.17) is 4.74 Å². The molecule has 2 fully saturated rings. The summed E-state index contributed by atoms with van der Waals surface area (Å²) in [5.74, 6) is 1.45. The Kier molecular flexibility index (Phi) is 3.50. The maximum absolute atomic E-state index is 6.24. The van der Waals surface area contributed by atoms with Gasteiger partial charge < -0.3 is 9.64 Å². The predicted octanol–water partition coefficient (Wildman–Crippen LogP) is 2.41. The third kappa shape index (κ3) is 2.57. The van der Waals surface area contributed by atoms with E-state index in [-0.39, 0.29) is 5.60 Å². The van der Waals surface area contributed by atoms with Crippen LogP contribution in [0.2, 0.25) is 0 Å². The van der Waals surface area contributed by atoms with E-state index in [1.54, 1.807) is 12.4 Å². The van der Waals surface area contributed by atoms with Crippen LogP contribution in [0.25, 0.3) is 0 Å². The number of piperidine rings is 1. The Morgan fingerprint density at radius 2 is 1.95 bits per heavy atom. The maximum Gasteiger partial charge on any atom is 0.147 e. The standard InChI is InChI=1S/C17H20N4O/c1-2-14(11-18-5-1)15-10-17(22-13-15)3-8-21(9-4-17)16-12-19-6-7-20-16/h1-2,5-7,11-12,15H,3-4,8-10,13H2. The maximum atomic E-state index is 6.24. The van der Waals surface area contributed by atoms with Gasteiger partial charge in [0.25, 0.3) is 0 Å². The molecule has 0 amide bonds. The minimum atomic E-state index is 0.0409. The summed E-state index contributed by atoms with van der Waals surface area (Å²) < 4.78 is 6.24. The van der Waals surface area contributed by atoms with Crippen LogP contribution >= 0.6 is 0 Å². The van der Waals surface area contributed by atoms with Crippen LogP contribution < -0.4 is 4.90 Å². The first-order valence-electron chi connectivity index (χ1n) is 7.90. The summed E-state index contributed by atoms with van der Waals surface area (Å²) >= 11 is 0. The van der Waals surface area contributed by atoms with Gasteiger partial charge in [-0.1, -0.05) is 6.07 Å². The zero-order valence-corrected chi connectivity index (χ0v) is 12.6. The Morgan fingerprint density at radius 3 is 2.68 bits per heavy atom. The molecule has 0 aliphatic carbocycles. The van der Waals surface area contributed by atoms with Crippen molar-refractivity contribution in [1.82, 2.24) is 15.0 Å². The third-order valence-electron chi connectivity index (χ3n) is 4.91. The Labute approximate surface area is 130 Å². The molecule has 22 heavy (non-hydrogen) atoms. The molecular weight excluding hydrogens is 276 g/mol. The molecule has 0 saturated carbocycles. The second-order valence-corrected chi connectivity index (χ2v) is 6.23. The summed E-state index contributed by atoms with van der Waals surface area (Å²) in [6.45, 7) is 2.79. The fourth-order valence-electron chi connectivity index (χ4n) is 3.62. The first-order chi connectivity index (χ1) is 10.8. The van der Waals surface area contributed by atoms with Gasteiger partial charge >= 0.3 is 0 Å². The van der Waals surface area contributed by atoms with Gasteiger partial charge in [0.2, 0.25) is 0 Å². The van der Waals surface area contributed by atoms with Crippen LogP contribution in [-0.4, -0.2) is 40.2 Å². The minimum Gasteiger partial charge on any atom is -0.374 e. The highest BCUT2D eigenvalue weighted by Crippen LogP contribution is 2.42. The van der Waals surface area contributed by atoms with Crippen LogP contribution in [0.4, 0.5) is 5.82 Å². The van der Waals surface area contributed by atoms with Crippen LogP contribution in [0.1, 0.15) is 30.7 Å². The first-order valence-corrected chi connectivity index (χ1v) is 7.90. The Bertz CT molecular complexity index is 611. The monoisotopic (exact) mass is 296 g/mol. The molecule has 1 unspecified atom stereocenters. The number of anilines is 1. The zero-order valence-electron chi connectivity index (χ0n) is 12.6. The summed E-state index contributed by atoms with van der Waals surface area (Å²) in [6.07, 6.45) is 12.3. The van der Waals surface area contributed by atoms with E-state index in [2.05, 4.69) is 25.9 Å². The normalized spacial score (nSPS) is 23.8. The Balaban J connectivity index is 1.41. The van der Waals surface area contributed by atoms with Gasteiger partial charge in [-0.3, -0.25) is 9.97 Å². The SMILES string of the molecule is c1cncc(C2COC3(CCN(c4cnccn4)CC3)C2)c1. The van der Waals surface area contributed by atoms with Crippen LogP contribution in [0, 0.1) is 0 Å². The van der Waals surface area contributed by atoms with Gasteiger partial charge in [0.15, 0.2) is 0 Å². The minimum absolute atomic E-state index is 0.0409. The molecule has 114 valence electrons. The number of ether oxygens (including phenoxy) is 1. The number of hydrogen-bond donors (Lipinski definition) is 0. The highest BCUT2D eigenvalue weighted by atomic mass is 16.5. The topological polar surface area (TPSA) is 51.1 Å². The van der Waals surface area contributed by atoms with Crippen molar-refractivity contribution in [2.45, 2.75) is 30.8 Å². The molecule has 0 bridgehead atoms. The molecule has 1 atom stereocenters. The van der Waals surface area contributed by atoms with Gasteiger partial charge in [0.05, 0.1) is 18.4 Å². The van der Waals surface area contributed by atoms with Crippen LogP contribution in [0.5, 0.6) is 0 Å². The average Bonchev–Trinajstić information content (AvgIpc) is 3.01. The van der Waals surface area contributed by atoms with Gasteiger partial charge in [0, 0.05) is 43.8 Å². The molecule has 2 saturated heterocycles. The summed E-state index contributed by atoms with van der Waals surface area (Å²) in [5.41, 5.74) is 1.34. The van der Waals surface area contributed by atoms with Crippen molar-refractivity contribution in [2.75, 3.05) is 24.6 Å². The molecule has 2 aromatic heterocycles. The van der Waals surface area contributed by atoms with E-state index in [1.165, 1.54) is 5.56 Å². The zero-order chi connectivity index (χ0) is 14.8. The molecule has 4 heterocycles. The number of rotatable bonds is 2. The largest absolute Gasteiger partial charge is 0.374 e. The lowest BCUT2D eigenvalue weighted by Gasteiger charge is -2.39. The highest BCUT2D eigenvalue weighted by Gasteiger charge is 2.43. The van der Waals surface area contributed by atoms with Crippen molar-refractivity contribution in [2.24, 2.45) is 0 Å². The highest BCUT2D eigenvalue weighted by molar-refractivity contribution is 5.36. The predicted molar refractivity (Wildman–Crippen MR) is 83.8 cm³/mol. The fraction of sp³-hybridized carbons (Fsp3) is 0.471. The van der Waals surface area contributed by atoms with Crippen molar-refractivity contribution < 1.29 is 4.74 Å². The number of pyridine rings is 1. The van der Waals surface area contributed by atoms with Crippen LogP contribution in [0.15, 0.2) is 43.1 Å². The van der Waals surface area contributed by atoms with E-state index in [0.717, 1.165) is 44.8 Å². The quantitative estimate of drug-likeness (QED) is 0.852. The lowest BCUT2D eigenvalue weighted by Crippen LogP contribution is -2.44. The Morgan fingerprint density at radius 1 is 1.09 bits per heavy atom. The second-order valence-electron chi connectivity index (χ2n) is 6.23. The summed E-state index contributed by atoms with van der Waals surface area (Å²) in [7, 11) is 0. The molecule has 0 aromatic carbocycles. The lowest BCUT2D eigenvalue weighted by atomic mass is 9.83. The van der Waals surface area contributed by atoms with Gasteiger partial charge in [-0.05, 0) is 30.9 Å². The van der Waals surface area contributed by atoms with Crippen molar-refractivity contribution in [3.63, 3.8) is 0 Å². The van der Waals surface area contributed by atoms with E-state index in [0.29, 0.717) is 5.92 Å². The summed E-state index contributed by atoms with van der Waals surface area (Å²) in [4.78, 5) is 15.1. The molecule has 2 aromatic rings. The van der Waals surface area contributed by atoms with Gasteiger partial charge in [-0.25, -0.2) is 4.98 Å². The van der Waals surface area contributed by atoms with Gasteiger partial charge in [-0.2, -0.15) is 0 Å². The number of nitrogens with zero attached hydrogens (tertiary/aromatic N) is 4. The molecular formula is C17H20N4O. The summed E-state index contributed by atoms with van der Waals surface area (Å²) in [5, 5.41) is 0. The van der Waals surface area contributed by atoms with Crippen molar-refractivity contribution >= 4 is 5.82 Å². The molecule has 5 nitrogen and oxygen atoms in total. The van der Waals surface area contributed by atoms with Crippen LogP contribution in [-0.2, 0) is 4.74 Å². The molecule has 5 heteroatoms. The van der Waals surface area contributed by atoms with Crippen molar-refractivity contribution in [3.05, 3.63) is 48.7 Å². The van der Waals surface area contributed by atoms with E-state index in [1.807, 2.05) is 24.7 Å². The van der Waals surface area contributed by atoms with Crippen molar-refractivity contribution in [3.8, 4) is 0 Å². The van der Waals surface area contributed by atoms with E-state index < -0.39 is 0 Å². The second kappa shape index (κ2) is 5.65. The molecule has 1 spiro atoms. The Hall–Kier alpha value is -2.01. The lowest BCUT2D eigenvalue weighted by molar-refractivity contribution is -0.0149. The number of hydrogen-bond acceptors (Lipinski definition) is 5. The van der Waals surface area contributed by atoms with E-state index in [9.17, 15) is 0 Å². The molecule has 4 rings (SSSR count). The first kappa shape index (κ1) is 13.6. The number of aromatic nitrogens is 3. The molecule has 2 aliphatic rings. The fourth-order valence-corrected chi connectivity index (χ4v) is 3.62. The third-order valence-corrected chi connectivity index (χ3v) is 4.91. The molecule has 2 aliphatic heterocycles. The van der Waals surface area contributed by atoms with E-state index >= 15 is 0 Å². The smallest absolute Gasteiger partial charge is 0.147 e. The van der Waals surface area contributed by atoms with Crippen molar-refractivity contribution in [1.29, 1.82) is 0 Å². The molecule has 0 N–H and O–H groups in total. The average molecular weight is 296 g/mol. The van der Waals surface area contributed by atoms with Gasteiger partial charge in [-0.15, -0.1) is 0 Å².